The first-order valence-electron chi connectivity index (χ1n) is 7.51. The van der Waals surface area contributed by atoms with Gasteiger partial charge in [0.2, 0.25) is 0 Å². The molecule has 0 amide bonds. The SMILES string of the molecule is CCNc1cc(NC2(C)CCS(=O)(=O)C2)nc(C2CC2)n1. The maximum Gasteiger partial charge on any atom is 0.152 e. The van der Waals surface area contributed by atoms with Gasteiger partial charge in [-0.1, -0.05) is 0 Å². The molecule has 2 fully saturated rings. The molecule has 2 heterocycles. The molecule has 2 N–H and O–H groups in total. The minimum atomic E-state index is -2.93. The molecule has 2 aliphatic rings. The average Bonchev–Trinajstić information content (AvgIpc) is 3.17. The predicted molar refractivity (Wildman–Crippen MR) is 83.5 cm³/mol. The van der Waals surface area contributed by atoms with E-state index in [1.54, 1.807) is 0 Å². The van der Waals surface area contributed by atoms with Crippen molar-refractivity contribution in [3.8, 4) is 0 Å². The number of sulfone groups is 1. The Morgan fingerprint density at radius 3 is 2.62 bits per heavy atom. The molecular formula is C14H22N4O2S. The Balaban J connectivity index is 1.84. The van der Waals surface area contributed by atoms with Gasteiger partial charge in [0, 0.05) is 18.5 Å². The molecule has 1 saturated heterocycles. The van der Waals surface area contributed by atoms with Gasteiger partial charge in [-0.25, -0.2) is 18.4 Å². The molecule has 7 heteroatoms. The maximum atomic E-state index is 11.7. The van der Waals surface area contributed by atoms with Crippen molar-refractivity contribution in [3.05, 3.63) is 11.9 Å². The number of hydrogen-bond donors (Lipinski definition) is 2. The monoisotopic (exact) mass is 310 g/mol. The third-order valence-electron chi connectivity index (χ3n) is 3.98. The maximum absolute atomic E-state index is 11.7. The van der Waals surface area contributed by atoms with Crippen LogP contribution >= 0.6 is 0 Å². The summed E-state index contributed by atoms with van der Waals surface area (Å²) < 4.78 is 23.4. The standard InChI is InChI=1S/C14H22N4O2S/c1-3-15-11-8-12(17-13(16-11)10-4-5-10)18-14(2)6-7-21(19,20)9-14/h8,10H,3-7,9H2,1-2H3,(H2,15,16,17,18). The molecule has 1 saturated carbocycles. The Bertz CT molecular complexity index is 642. The predicted octanol–water partition coefficient (Wildman–Crippen LogP) is 1.77. The molecule has 1 aromatic heterocycles. The van der Waals surface area contributed by atoms with Crippen LogP contribution in [-0.2, 0) is 9.84 Å². The first-order valence-corrected chi connectivity index (χ1v) is 9.33. The van der Waals surface area contributed by atoms with Crippen LogP contribution in [-0.4, -0.2) is 42.0 Å². The van der Waals surface area contributed by atoms with E-state index in [1.165, 1.54) is 0 Å². The van der Waals surface area contributed by atoms with E-state index < -0.39 is 15.4 Å². The van der Waals surface area contributed by atoms with Crippen LogP contribution in [0.25, 0.3) is 0 Å². The van der Waals surface area contributed by atoms with Crippen molar-refractivity contribution in [1.29, 1.82) is 0 Å². The molecule has 21 heavy (non-hydrogen) atoms. The molecule has 0 radical (unpaired) electrons. The van der Waals surface area contributed by atoms with E-state index in [0.29, 0.717) is 12.3 Å². The van der Waals surface area contributed by atoms with Gasteiger partial charge in [0.15, 0.2) is 9.84 Å². The highest BCUT2D eigenvalue weighted by molar-refractivity contribution is 7.91. The molecular weight excluding hydrogens is 288 g/mol. The van der Waals surface area contributed by atoms with Crippen molar-refractivity contribution < 1.29 is 8.42 Å². The van der Waals surface area contributed by atoms with Gasteiger partial charge in [0.25, 0.3) is 0 Å². The highest BCUT2D eigenvalue weighted by atomic mass is 32.2. The molecule has 0 spiro atoms. The first kappa shape index (κ1) is 14.6. The van der Waals surface area contributed by atoms with Crippen molar-refractivity contribution >= 4 is 21.5 Å². The van der Waals surface area contributed by atoms with Gasteiger partial charge in [0.1, 0.15) is 17.5 Å². The molecule has 1 atom stereocenters. The third kappa shape index (κ3) is 3.45. The Hall–Kier alpha value is -1.37. The molecule has 3 rings (SSSR count). The molecule has 1 aromatic rings. The van der Waals surface area contributed by atoms with Gasteiger partial charge in [-0.2, -0.15) is 0 Å². The van der Waals surface area contributed by atoms with Crippen molar-refractivity contribution in [2.75, 3.05) is 28.7 Å². The zero-order valence-electron chi connectivity index (χ0n) is 12.5. The van der Waals surface area contributed by atoms with Crippen LogP contribution < -0.4 is 10.6 Å². The minimum absolute atomic E-state index is 0.166. The topological polar surface area (TPSA) is 84.0 Å². The van der Waals surface area contributed by atoms with Gasteiger partial charge in [0.05, 0.1) is 17.0 Å². The largest absolute Gasteiger partial charge is 0.370 e. The number of hydrogen-bond acceptors (Lipinski definition) is 6. The molecule has 116 valence electrons. The first-order chi connectivity index (χ1) is 9.89. The fraction of sp³-hybridized carbons (Fsp3) is 0.714. The highest BCUT2D eigenvalue weighted by Crippen LogP contribution is 2.39. The lowest BCUT2D eigenvalue weighted by Crippen LogP contribution is -2.36. The number of aromatic nitrogens is 2. The lowest BCUT2D eigenvalue weighted by atomic mass is 10.0. The van der Waals surface area contributed by atoms with E-state index in [-0.39, 0.29) is 11.5 Å². The Morgan fingerprint density at radius 1 is 1.33 bits per heavy atom. The third-order valence-corrected chi connectivity index (χ3v) is 5.88. The van der Waals surface area contributed by atoms with Crippen molar-refractivity contribution in [2.45, 2.75) is 44.6 Å². The van der Waals surface area contributed by atoms with Gasteiger partial charge >= 0.3 is 0 Å². The molecule has 0 bridgehead atoms. The molecule has 6 nitrogen and oxygen atoms in total. The lowest BCUT2D eigenvalue weighted by molar-refractivity contribution is 0.571. The number of rotatable bonds is 5. The highest BCUT2D eigenvalue weighted by Gasteiger charge is 2.39. The van der Waals surface area contributed by atoms with Gasteiger partial charge in [-0.3, -0.25) is 0 Å². The van der Waals surface area contributed by atoms with Crippen molar-refractivity contribution in [2.24, 2.45) is 0 Å². The second-order valence-electron chi connectivity index (χ2n) is 6.33. The molecule has 1 aliphatic heterocycles. The molecule has 1 unspecified atom stereocenters. The summed E-state index contributed by atoms with van der Waals surface area (Å²) in [6.07, 6.45) is 2.90. The summed E-state index contributed by atoms with van der Waals surface area (Å²) in [5.41, 5.74) is -0.433. The summed E-state index contributed by atoms with van der Waals surface area (Å²) in [5.74, 6) is 3.27. The van der Waals surface area contributed by atoms with Gasteiger partial charge in [-0.05, 0) is 33.1 Å². The smallest absolute Gasteiger partial charge is 0.152 e. The van der Waals surface area contributed by atoms with E-state index >= 15 is 0 Å². The lowest BCUT2D eigenvalue weighted by Gasteiger charge is -2.25. The van der Waals surface area contributed by atoms with Crippen LogP contribution in [0.3, 0.4) is 0 Å². The van der Waals surface area contributed by atoms with E-state index in [0.717, 1.165) is 36.8 Å². The molecule has 1 aliphatic carbocycles. The van der Waals surface area contributed by atoms with E-state index in [2.05, 4.69) is 20.6 Å². The minimum Gasteiger partial charge on any atom is -0.370 e. The van der Waals surface area contributed by atoms with Crippen LogP contribution in [0.5, 0.6) is 0 Å². The summed E-state index contributed by atoms with van der Waals surface area (Å²) in [7, 11) is -2.93. The summed E-state index contributed by atoms with van der Waals surface area (Å²) in [6.45, 7) is 4.77. The average molecular weight is 310 g/mol. The van der Waals surface area contributed by atoms with Crippen LogP contribution in [0.4, 0.5) is 11.6 Å². The Labute approximate surface area is 125 Å². The summed E-state index contributed by atoms with van der Waals surface area (Å²) in [5, 5.41) is 6.54. The van der Waals surface area contributed by atoms with E-state index in [1.807, 2.05) is 19.9 Å². The van der Waals surface area contributed by atoms with Gasteiger partial charge < -0.3 is 10.6 Å². The van der Waals surface area contributed by atoms with Gasteiger partial charge in [-0.15, -0.1) is 0 Å². The Kier molecular flexibility index (Phi) is 3.55. The van der Waals surface area contributed by atoms with Crippen LogP contribution in [0.15, 0.2) is 6.07 Å². The fourth-order valence-corrected chi connectivity index (χ4v) is 4.84. The second-order valence-corrected chi connectivity index (χ2v) is 8.51. The number of nitrogens with zero attached hydrogens (tertiary/aromatic N) is 2. The normalized spacial score (nSPS) is 27.5. The zero-order valence-corrected chi connectivity index (χ0v) is 13.3. The van der Waals surface area contributed by atoms with Crippen LogP contribution in [0.1, 0.15) is 44.9 Å². The second kappa shape index (κ2) is 5.12. The van der Waals surface area contributed by atoms with E-state index in [9.17, 15) is 8.42 Å². The summed E-state index contributed by atoms with van der Waals surface area (Å²) in [6, 6.07) is 1.87. The van der Waals surface area contributed by atoms with Crippen molar-refractivity contribution in [3.63, 3.8) is 0 Å². The number of nitrogens with one attached hydrogen (secondary N) is 2. The fourth-order valence-electron chi connectivity index (χ4n) is 2.74. The molecule has 0 aromatic carbocycles. The Morgan fingerprint density at radius 2 is 2.05 bits per heavy atom. The van der Waals surface area contributed by atoms with E-state index in [4.69, 9.17) is 0 Å². The quantitative estimate of drug-likeness (QED) is 0.862. The summed E-state index contributed by atoms with van der Waals surface area (Å²) in [4.78, 5) is 9.11. The van der Waals surface area contributed by atoms with Crippen LogP contribution in [0.2, 0.25) is 0 Å². The number of anilines is 2. The zero-order chi connectivity index (χ0) is 15.1. The summed E-state index contributed by atoms with van der Waals surface area (Å²) >= 11 is 0. The van der Waals surface area contributed by atoms with Crippen molar-refractivity contribution in [1.82, 2.24) is 9.97 Å². The van der Waals surface area contributed by atoms with Crippen LogP contribution in [0, 0.1) is 0 Å².